The van der Waals surface area contributed by atoms with Gasteiger partial charge in [0.25, 0.3) is 0 Å². The minimum Gasteiger partial charge on any atom is -0.357 e. The lowest BCUT2D eigenvalue weighted by Gasteiger charge is -2.42. The van der Waals surface area contributed by atoms with Crippen LogP contribution in [0.2, 0.25) is 0 Å². The second-order valence-corrected chi connectivity index (χ2v) is 9.04. The summed E-state index contributed by atoms with van der Waals surface area (Å²) in [5.41, 5.74) is 0.421. The van der Waals surface area contributed by atoms with Gasteiger partial charge in [-0.05, 0) is 38.8 Å². The van der Waals surface area contributed by atoms with E-state index in [0.29, 0.717) is 11.7 Å². The quantitative estimate of drug-likeness (QED) is 0.765. The second-order valence-electron chi connectivity index (χ2n) is 6.84. The molecule has 1 aliphatic carbocycles. The zero-order valence-electron chi connectivity index (χ0n) is 14.5. The maximum absolute atomic E-state index is 13.0. The molecule has 7 nitrogen and oxygen atoms in total. The Labute approximate surface area is 159 Å². The molecule has 0 radical (unpaired) electrons. The molecule has 1 aromatic heterocycles. The molecule has 0 saturated heterocycles. The van der Waals surface area contributed by atoms with Crippen LogP contribution in [0.4, 0.5) is 16.5 Å². The number of nitrogens with zero attached hydrogens (tertiary/aromatic N) is 3. The molecule has 2 aromatic rings. The van der Waals surface area contributed by atoms with Crippen molar-refractivity contribution in [2.24, 2.45) is 0 Å². The molecule has 2 amide bonds. The zero-order valence-corrected chi connectivity index (χ0v) is 16.1. The van der Waals surface area contributed by atoms with Crippen LogP contribution in [0.5, 0.6) is 0 Å². The number of nitrogens with one attached hydrogen (secondary N) is 2. The van der Waals surface area contributed by atoms with Gasteiger partial charge in [-0.3, -0.25) is 14.5 Å². The minimum absolute atomic E-state index is 0.130. The monoisotopic (exact) mass is 389 g/mol. The molecule has 1 aromatic carbocycles. The van der Waals surface area contributed by atoms with Crippen LogP contribution in [0.25, 0.3) is 0 Å². The highest BCUT2D eigenvalue weighted by atomic mass is 32.2. The SMILES string of the molecule is CC1(C)C(=O)Nc2ccccc2N1C(=O)CSc1nnc(NC2CC2)s1. The van der Waals surface area contributed by atoms with Crippen LogP contribution < -0.4 is 15.5 Å². The van der Waals surface area contributed by atoms with Gasteiger partial charge in [0.2, 0.25) is 16.9 Å². The number of thioether (sulfide) groups is 1. The Balaban J connectivity index is 1.49. The summed E-state index contributed by atoms with van der Waals surface area (Å²) in [6, 6.07) is 7.87. The Hall–Kier alpha value is -2.13. The first-order chi connectivity index (χ1) is 12.4. The van der Waals surface area contributed by atoms with Crippen molar-refractivity contribution in [3.05, 3.63) is 24.3 Å². The number of para-hydroxylation sites is 2. The van der Waals surface area contributed by atoms with Gasteiger partial charge in [0.15, 0.2) is 4.34 Å². The molecule has 2 aliphatic rings. The van der Waals surface area contributed by atoms with Crippen molar-refractivity contribution in [3.8, 4) is 0 Å². The summed E-state index contributed by atoms with van der Waals surface area (Å²) in [6.07, 6.45) is 2.35. The highest BCUT2D eigenvalue weighted by Crippen LogP contribution is 2.38. The third kappa shape index (κ3) is 3.28. The van der Waals surface area contributed by atoms with Crippen molar-refractivity contribution in [2.75, 3.05) is 21.3 Å². The number of hydrogen-bond acceptors (Lipinski definition) is 7. The van der Waals surface area contributed by atoms with Gasteiger partial charge in [-0.25, -0.2) is 0 Å². The summed E-state index contributed by atoms with van der Waals surface area (Å²) in [5, 5.41) is 15.2. The van der Waals surface area contributed by atoms with Gasteiger partial charge in [0.1, 0.15) is 5.54 Å². The summed E-state index contributed by atoms with van der Waals surface area (Å²) in [4.78, 5) is 27.0. The van der Waals surface area contributed by atoms with E-state index in [-0.39, 0.29) is 17.6 Å². The van der Waals surface area contributed by atoms with Crippen molar-refractivity contribution in [1.29, 1.82) is 0 Å². The van der Waals surface area contributed by atoms with Crippen molar-refractivity contribution >= 4 is 51.4 Å². The van der Waals surface area contributed by atoms with Crippen molar-refractivity contribution in [3.63, 3.8) is 0 Å². The number of carbonyl (C=O) groups is 2. The third-order valence-corrected chi connectivity index (χ3v) is 6.36. The molecule has 0 unspecified atom stereocenters. The lowest BCUT2D eigenvalue weighted by molar-refractivity contribution is -0.125. The van der Waals surface area contributed by atoms with Crippen molar-refractivity contribution in [2.45, 2.75) is 42.6 Å². The maximum Gasteiger partial charge on any atom is 0.250 e. The highest BCUT2D eigenvalue weighted by Gasteiger charge is 2.43. The number of aromatic nitrogens is 2. The van der Waals surface area contributed by atoms with Gasteiger partial charge in [-0.1, -0.05) is 35.2 Å². The number of anilines is 3. The number of amides is 2. The Bertz CT molecular complexity index is 862. The Morgan fingerprint density at radius 3 is 2.92 bits per heavy atom. The zero-order chi connectivity index (χ0) is 18.3. The fourth-order valence-corrected chi connectivity index (χ4v) is 4.49. The van der Waals surface area contributed by atoms with E-state index in [1.165, 1.54) is 35.9 Å². The molecule has 1 fully saturated rings. The lowest BCUT2D eigenvalue weighted by atomic mass is 9.96. The molecule has 0 bridgehead atoms. The summed E-state index contributed by atoms with van der Waals surface area (Å²) in [7, 11) is 0. The van der Waals surface area contributed by atoms with E-state index in [9.17, 15) is 9.59 Å². The largest absolute Gasteiger partial charge is 0.357 e. The first kappa shape index (κ1) is 17.3. The molecule has 0 spiro atoms. The molecule has 26 heavy (non-hydrogen) atoms. The molecule has 0 atom stereocenters. The molecule has 2 heterocycles. The third-order valence-electron chi connectivity index (χ3n) is 4.39. The average Bonchev–Trinajstić information content (AvgIpc) is 3.30. The lowest BCUT2D eigenvalue weighted by Crippen LogP contribution is -2.58. The van der Waals surface area contributed by atoms with E-state index in [0.717, 1.165) is 15.2 Å². The molecule has 1 aliphatic heterocycles. The summed E-state index contributed by atoms with van der Waals surface area (Å²) < 4.78 is 0.744. The van der Waals surface area contributed by atoms with E-state index in [1.54, 1.807) is 24.8 Å². The topological polar surface area (TPSA) is 87.2 Å². The number of benzene rings is 1. The molecular formula is C17H19N5O2S2. The molecule has 4 rings (SSSR count). The fourth-order valence-electron chi connectivity index (χ4n) is 2.82. The summed E-state index contributed by atoms with van der Waals surface area (Å²) in [5.74, 6) is -0.126. The maximum atomic E-state index is 13.0. The van der Waals surface area contributed by atoms with Gasteiger partial charge < -0.3 is 10.6 Å². The minimum atomic E-state index is -0.953. The first-order valence-corrected chi connectivity index (χ1v) is 10.2. The van der Waals surface area contributed by atoms with Crippen LogP contribution >= 0.6 is 23.1 Å². The second kappa shape index (κ2) is 6.55. The van der Waals surface area contributed by atoms with Crippen LogP contribution in [0.1, 0.15) is 26.7 Å². The molecule has 1 saturated carbocycles. The van der Waals surface area contributed by atoms with Gasteiger partial charge in [-0.2, -0.15) is 0 Å². The summed E-state index contributed by atoms with van der Waals surface area (Å²) in [6.45, 7) is 3.51. The molecule has 9 heteroatoms. The predicted octanol–water partition coefficient (Wildman–Crippen LogP) is 2.97. The number of rotatable bonds is 5. The Morgan fingerprint density at radius 2 is 2.15 bits per heavy atom. The van der Waals surface area contributed by atoms with Crippen molar-refractivity contribution in [1.82, 2.24) is 10.2 Å². The first-order valence-electron chi connectivity index (χ1n) is 8.41. The van der Waals surface area contributed by atoms with E-state index in [1.807, 2.05) is 18.2 Å². The average molecular weight is 390 g/mol. The van der Waals surface area contributed by atoms with Gasteiger partial charge in [-0.15, -0.1) is 10.2 Å². The van der Waals surface area contributed by atoms with Crippen LogP contribution in [0.3, 0.4) is 0 Å². The van der Waals surface area contributed by atoms with Gasteiger partial charge >= 0.3 is 0 Å². The summed E-state index contributed by atoms with van der Waals surface area (Å²) >= 11 is 2.80. The van der Waals surface area contributed by atoms with Gasteiger partial charge in [0, 0.05) is 6.04 Å². The Kier molecular flexibility index (Phi) is 4.36. The number of hydrogen-bond donors (Lipinski definition) is 2. The predicted molar refractivity (Wildman–Crippen MR) is 104 cm³/mol. The van der Waals surface area contributed by atoms with Gasteiger partial charge in [0.05, 0.1) is 17.1 Å². The van der Waals surface area contributed by atoms with Crippen LogP contribution in [0, 0.1) is 0 Å². The molecule has 2 N–H and O–H groups in total. The molecular weight excluding hydrogens is 370 g/mol. The Morgan fingerprint density at radius 1 is 1.38 bits per heavy atom. The normalized spacial score (nSPS) is 18.2. The van der Waals surface area contributed by atoms with Crippen LogP contribution in [0.15, 0.2) is 28.6 Å². The standard InChI is InChI=1S/C17H19N5O2S2/c1-17(2)14(24)19-11-5-3-4-6-12(11)22(17)13(23)9-25-16-21-20-15(26-16)18-10-7-8-10/h3-6,10H,7-9H2,1-2H3,(H,18,20)(H,19,24). The number of fused-ring (bicyclic) bond motifs is 1. The van der Waals surface area contributed by atoms with E-state index in [2.05, 4.69) is 20.8 Å². The van der Waals surface area contributed by atoms with E-state index < -0.39 is 5.54 Å². The smallest absolute Gasteiger partial charge is 0.250 e. The fraction of sp³-hybridized carbons (Fsp3) is 0.412. The van der Waals surface area contributed by atoms with Crippen LogP contribution in [-0.2, 0) is 9.59 Å². The van der Waals surface area contributed by atoms with E-state index >= 15 is 0 Å². The number of carbonyl (C=O) groups excluding carboxylic acids is 2. The molecule has 136 valence electrons. The van der Waals surface area contributed by atoms with Crippen molar-refractivity contribution < 1.29 is 9.59 Å². The van der Waals surface area contributed by atoms with Crippen LogP contribution in [-0.4, -0.2) is 39.3 Å². The highest BCUT2D eigenvalue weighted by molar-refractivity contribution is 8.01. The van der Waals surface area contributed by atoms with E-state index in [4.69, 9.17) is 0 Å².